The number of phenolic OH excluding ortho intramolecular Hbond substituents is 1. The summed E-state index contributed by atoms with van der Waals surface area (Å²) in [5.74, 6) is -1.23. The molecule has 16 heavy (non-hydrogen) atoms. The van der Waals surface area contributed by atoms with Gasteiger partial charge in [0.1, 0.15) is 5.75 Å². The van der Waals surface area contributed by atoms with Crippen LogP contribution in [0.1, 0.15) is 15.9 Å². The highest BCUT2D eigenvalue weighted by Crippen LogP contribution is 2.17. The van der Waals surface area contributed by atoms with Crippen LogP contribution >= 0.6 is 0 Å². The van der Waals surface area contributed by atoms with Gasteiger partial charge in [-0.15, -0.1) is 0 Å². The fraction of sp³-hybridized carbons (Fsp3) is 0.200. The molecule has 4 N–H and O–H groups in total. The lowest BCUT2D eigenvalue weighted by Gasteiger charge is -2.05. The van der Waals surface area contributed by atoms with Gasteiger partial charge >= 0.3 is 0 Å². The van der Waals surface area contributed by atoms with E-state index in [4.69, 9.17) is 5.73 Å². The summed E-state index contributed by atoms with van der Waals surface area (Å²) in [5, 5.41) is 9.37. The van der Waals surface area contributed by atoms with E-state index in [1.165, 1.54) is 12.1 Å². The van der Waals surface area contributed by atoms with Gasteiger partial charge in [0.15, 0.2) is 6.61 Å². The van der Waals surface area contributed by atoms with Crippen molar-refractivity contribution in [2.45, 2.75) is 6.92 Å². The van der Waals surface area contributed by atoms with Crippen molar-refractivity contribution in [2.75, 3.05) is 6.61 Å². The molecule has 0 unspecified atom stereocenters. The number of phenols is 1. The summed E-state index contributed by atoms with van der Waals surface area (Å²) in [4.78, 5) is 26.2. The Kier molecular flexibility index (Phi) is 3.84. The summed E-state index contributed by atoms with van der Waals surface area (Å²) in [6, 6.07) is 4.43. The second-order valence-electron chi connectivity index (χ2n) is 3.19. The first-order chi connectivity index (χ1) is 7.50. The van der Waals surface area contributed by atoms with Crippen LogP contribution in [0, 0.1) is 6.92 Å². The average Bonchev–Trinajstić information content (AvgIpc) is 2.21. The van der Waals surface area contributed by atoms with E-state index in [1.54, 1.807) is 13.0 Å². The summed E-state index contributed by atoms with van der Waals surface area (Å²) in [7, 11) is 0. The average molecular weight is 224 g/mol. The van der Waals surface area contributed by atoms with Crippen LogP contribution in [0.4, 0.5) is 0 Å². The normalized spacial score (nSPS) is 9.81. The molecule has 0 heterocycles. The number of nitrogens with two attached hydrogens (primary N) is 1. The molecule has 1 aromatic rings. The van der Waals surface area contributed by atoms with Gasteiger partial charge in [-0.05, 0) is 24.6 Å². The summed E-state index contributed by atoms with van der Waals surface area (Å²) < 4.78 is 0. The molecule has 86 valence electrons. The van der Waals surface area contributed by atoms with E-state index in [1.807, 2.05) is 5.48 Å². The second kappa shape index (κ2) is 5.13. The first-order valence-corrected chi connectivity index (χ1v) is 4.50. The maximum absolute atomic E-state index is 11.4. The summed E-state index contributed by atoms with van der Waals surface area (Å²) in [5.41, 5.74) is 7.72. The number of hydrogen-bond donors (Lipinski definition) is 3. The summed E-state index contributed by atoms with van der Waals surface area (Å²) >= 11 is 0. The number of hydroxylamine groups is 1. The molecule has 6 heteroatoms. The van der Waals surface area contributed by atoms with Gasteiger partial charge in [-0.3, -0.25) is 14.4 Å². The van der Waals surface area contributed by atoms with Crippen LogP contribution in [0.5, 0.6) is 5.75 Å². The maximum Gasteiger partial charge on any atom is 0.274 e. The Balaban J connectivity index is 2.59. The van der Waals surface area contributed by atoms with Gasteiger partial charge in [0.25, 0.3) is 5.91 Å². The number of carbonyl (C=O) groups is 2. The van der Waals surface area contributed by atoms with Gasteiger partial charge < -0.3 is 10.8 Å². The minimum absolute atomic E-state index is 0.0163. The second-order valence-corrected chi connectivity index (χ2v) is 3.19. The number of aryl methyl sites for hydroxylation is 1. The van der Waals surface area contributed by atoms with Gasteiger partial charge in [-0.25, -0.2) is 5.48 Å². The van der Waals surface area contributed by atoms with Gasteiger partial charge in [-0.2, -0.15) is 0 Å². The first-order valence-electron chi connectivity index (χ1n) is 4.50. The fourth-order valence-electron chi connectivity index (χ4n) is 0.982. The maximum atomic E-state index is 11.4. The van der Waals surface area contributed by atoms with Crippen molar-refractivity contribution in [2.24, 2.45) is 5.73 Å². The van der Waals surface area contributed by atoms with Crippen LogP contribution in [0.15, 0.2) is 18.2 Å². The monoisotopic (exact) mass is 224 g/mol. The number of aromatic hydroxyl groups is 1. The molecule has 0 radical (unpaired) electrons. The van der Waals surface area contributed by atoms with Crippen LogP contribution in [-0.4, -0.2) is 23.5 Å². The number of rotatable bonds is 4. The molecule has 0 atom stereocenters. The zero-order chi connectivity index (χ0) is 12.1. The minimum atomic E-state index is -0.688. The molecule has 6 nitrogen and oxygen atoms in total. The zero-order valence-corrected chi connectivity index (χ0v) is 8.69. The Labute approximate surface area is 92.0 Å². The number of carbonyl (C=O) groups excluding carboxylic acids is 2. The summed E-state index contributed by atoms with van der Waals surface area (Å²) in [6.45, 7) is 1.31. The minimum Gasteiger partial charge on any atom is -0.508 e. The molecule has 0 aliphatic carbocycles. The van der Waals surface area contributed by atoms with Crippen molar-refractivity contribution in [1.82, 2.24) is 5.48 Å². The third-order valence-electron chi connectivity index (χ3n) is 1.85. The molecule has 0 aliphatic heterocycles. The number of hydrogen-bond acceptors (Lipinski definition) is 4. The Bertz CT molecular complexity index is 417. The Morgan fingerprint density at radius 1 is 1.50 bits per heavy atom. The SMILES string of the molecule is Cc1ccc(C(=O)NOCC(N)=O)cc1O. The van der Waals surface area contributed by atoms with Crippen molar-refractivity contribution in [1.29, 1.82) is 0 Å². The van der Waals surface area contributed by atoms with Crippen molar-refractivity contribution < 1.29 is 19.5 Å². The highest BCUT2D eigenvalue weighted by Gasteiger charge is 2.07. The largest absolute Gasteiger partial charge is 0.508 e. The quantitative estimate of drug-likeness (QED) is 0.619. The number of amides is 2. The standard InChI is InChI=1S/C10H12N2O4/c1-6-2-3-7(4-8(6)13)10(15)12-16-5-9(11)14/h2-4,13H,5H2,1H3,(H2,11,14)(H,12,15). The lowest BCUT2D eigenvalue weighted by Crippen LogP contribution is -2.29. The molecule has 0 saturated heterocycles. The summed E-state index contributed by atoms with van der Waals surface area (Å²) in [6.07, 6.45) is 0. The van der Waals surface area contributed by atoms with Crippen LogP contribution in [0.3, 0.4) is 0 Å². The lowest BCUT2D eigenvalue weighted by molar-refractivity contribution is -0.124. The van der Waals surface area contributed by atoms with E-state index in [0.29, 0.717) is 5.56 Å². The molecule has 0 aliphatic rings. The van der Waals surface area contributed by atoms with Gasteiger partial charge in [-0.1, -0.05) is 6.07 Å². The zero-order valence-electron chi connectivity index (χ0n) is 8.69. The van der Waals surface area contributed by atoms with Crippen molar-refractivity contribution in [3.63, 3.8) is 0 Å². The number of primary amides is 1. The molecular weight excluding hydrogens is 212 g/mol. The van der Waals surface area contributed by atoms with E-state index < -0.39 is 18.4 Å². The molecular formula is C10H12N2O4. The van der Waals surface area contributed by atoms with E-state index in [-0.39, 0.29) is 11.3 Å². The van der Waals surface area contributed by atoms with Crippen LogP contribution < -0.4 is 11.2 Å². The van der Waals surface area contributed by atoms with Crippen molar-refractivity contribution in [3.05, 3.63) is 29.3 Å². The Morgan fingerprint density at radius 3 is 2.75 bits per heavy atom. The molecule has 2 amide bonds. The predicted molar refractivity (Wildman–Crippen MR) is 55.5 cm³/mol. The molecule has 0 aromatic heterocycles. The molecule has 1 aromatic carbocycles. The molecule has 1 rings (SSSR count). The van der Waals surface area contributed by atoms with Gasteiger partial charge in [0, 0.05) is 5.56 Å². The highest BCUT2D eigenvalue weighted by molar-refractivity contribution is 5.94. The van der Waals surface area contributed by atoms with E-state index in [2.05, 4.69) is 4.84 Å². The van der Waals surface area contributed by atoms with E-state index in [0.717, 1.165) is 0 Å². The van der Waals surface area contributed by atoms with Gasteiger partial charge in [0.05, 0.1) is 0 Å². The topological polar surface area (TPSA) is 102 Å². The Morgan fingerprint density at radius 2 is 2.19 bits per heavy atom. The van der Waals surface area contributed by atoms with Crippen LogP contribution in [-0.2, 0) is 9.63 Å². The first kappa shape index (κ1) is 12.0. The molecule has 0 fully saturated rings. The predicted octanol–water partition coefficient (Wildman–Crippen LogP) is -0.153. The third kappa shape index (κ3) is 3.25. The van der Waals surface area contributed by atoms with Crippen molar-refractivity contribution in [3.8, 4) is 5.75 Å². The number of benzene rings is 1. The van der Waals surface area contributed by atoms with E-state index >= 15 is 0 Å². The Hall–Kier alpha value is -2.08. The van der Waals surface area contributed by atoms with E-state index in [9.17, 15) is 14.7 Å². The highest BCUT2D eigenvalue weighted by atomic mass is 16.7. The lowest BCUT2D eigenvalue weighted by atomic mass is 10.1. The van der Waals surface area contributed by atoms with Crippen LogP contribution in [0.25, 0.3) is 0 Å². The van der Waals surface area contributed by atoms with Gasteiger partial charge in [0.2, 0.25) is 5.91 Å². The molecule has 0 saturated carbocycles. The smallest absolute Gasteiger partial charge is 0.274 e. The number of nitrogens with one attached hydrogen (secondary N) is 1. The van der Waals surface area contributed by atoms with Crippen molar-refractivity contribution >= 4 is 11.8 Å². The molecule has 0 spiro atoms. The van der Waals surface area contributed by atoms with Crippen LogP contribution in [0.2, 0.25) is 0 Å². The molecule has 0 bridgehead atoms. The fourth-order valence-corrected chi connectivity index (χ4v) is 0.982. The third-order valence-corrected chi connectivity index (χ3v) is 1.85.